The van der Waals surface area contributed by atoms with E-state index in [4.69, 9.17) is 10.2 Å². The number of rotatable bonds is 2. The lowest BCUT2D eigenvalue weighted by atomic mass is 10.0. The zero-order valence-electron chi connectivity index (χ0n) is 10.8. The van der Waals surface area contributed by atoms with Gasteiger partial charge >= 0.3 is 0 Å². The summed E-state index contributed by atoms with van der Waals surface area (Å²) in [4.78, 5) is 12.3. The van der Waals surface area contributed by atoms with Gasteiger partial charge in [-0.15, -0.1) is 0 Å². The Bertz CT molecular complexity index is 820. The largest absolute Gasteiger partial charge is 0.453 e. The van der Waals surface area contributed by atoms with Gasteiger partial charge in [-0.05, 0) is 55.0 Å². The van der Waals surface area contributed by atoms with Gasteiger partial charge in [0.15, 0.2) is 5.76 Å². The maximum Gasteiger partial charge on any atom is 0.228 e. The molecule has 100 valence electrons. The van der Waals surface area contributed by atoms with Crippen LogP contribution < -0.4 is 5.73 Å². The molecule has 0 fully saturated rings. The topological polar surface area (TPSA) is 56.2 Å². The minimum Gasteiger partial charge on any atom is -0.453 e. The van der Waals surface area contributed by atoms with E-state index in [1.807, 2.05) is 6.92 Å². The molecule has 0 saturated carbocycles. The number of hydrogen-bond donors (Lipinski definition) is 1. The van der Waals surface area contributed by atoms with Crippen molar-refractivity contribution in [3.8, 4) is 0 Å². The molecule has 0 aliphatic carbocycles. The van der Waals surface area contributed by atoms with Gasteiger partial charge in [-0.25, -0.2) is 4.39 Å². The molecule has 0 radical (unpaired) electrons. The highest BCUT2D eigenvalue weighted by molar-refractivity contribution is 6.09. The smallest absolute Gasteiger partial charge is 0.228 e. The second kappa shape index (κ2) is 4.49. The second-order valence-corrected chi connectivity index (χ2v) is 4.69. The summed E-state index contributed by atoms with van der Waals surface area (Å²) in [5, 5.41) is 0.570. The average molecular weight is 269 g/mol. The Kier molecular flexibility index (Phi) is 2.79. The quantitative estimate of drug-likeness (QED) is 0.570. The van der Waals surface area contributed by atoms with E-state index in [2.05, 4.69) is 0 Å². The molecule has 0 saturated heterocycles. The second-order valence-electron chi connectivity index (χ2n) is 4.69. The van der Waals surface area contributed by atoms with Crippen LogP contribution in [0.5, 0.6) is 0 Å². The summed E-state index contributed by atoms with van der Waals surface area (Å²) in [5.41, 5.74) is 8.18. The van der Waals surface area contributed by atoms with E-state index < -0.39 is 0 Å². The fourth-order valence-electron chi connectivity index (χ4n) is 2.09. The van der Waals surface area contributed by atoms with Crippen molar-refractivity contribution in [1.29, 1.82) is 0 Å². The molecular formula is C16H12FNO2. The lowest BCUT2D eigenvalue weighted by Gasteiger charge is -2.02. The summed E-state index contributed by atoms with van der Waals surface area (Å²) in [6, 6.07) is 10.7. The molecular weight excluding hydrogens is 257 g/mol. The van der Waals surface area contributed by atoms with Crippen LogP contribution in [0.15, 0.2) is 46.9 Å². The van der Waals surface area contributed by atoms with Crippen LogP contribution in [0.2, 0.25) is 0 Å². The molecule has 3 nitrogen and oxygen atoms in total. The lowest BCUT2D eigenvalue weighted by Crippen LogP contribution is -2.01. The first kappa shape index (κ1) is 12.4. The van der Waals surface area contributed by atoms with E-state index in [-0.39, 0.29) is 17.4 Å². The Morgan fingerprint density at radius 2 is 1.95 bits per heavy atom. The lowest BCUT2D eigenvalue weighted by molar-refractivity contribution is 0.101. The number of aryl methyl sites for hydroxylation is 1. The first-order chi connectivity index (χ1) is 9.54. The maximum atomic E-state index is 13.1. The van der Waals surface area contributed by atoms with Gasteiger partial charge in [0.2, 0.25) is 5.78 Å². The molecule has 0 atom stereocenters. The molecule has 0 bridgehead atoms. The number of benzene rings is 2. The van der Waals surface area contributed by atoms with Crippen LogP contribution in [0.4, 0.5) is 10.1 Å². The van der Waals surface area contributed by atoms with Crippen molar-refractivity contribution in [2.45, 2.75) is 6.92 Å². The zero-order valence-corrected chi connectivity index (χ0v) is 10.8. The van der Waals surface area contributed by atoms with Crippen molar-refractivity contribution < 1.29 is 13.6 Å². The molecule has 2 aromatic carbocycles. The number of carbonyl (C=O) groups is 1. The van der Waals surface area contributed by atoms with Crippen LogP contribution in [-0.2, 0) is 0 Å². The van der Waals surface area contributed by atoms with E-state index in [9.17, 15) is 9.18 Å². The summed E-state index contributed by atoms with van der Waals surface area (Å²) in [6.07, 6.45) is 0. The number of carbonyl (C=O) groups excluding carboxylic acids is 1. The third kappa shape index (κ3) is 2.05. The van der Waals surface area contributed by atoms with Gasteiger partial charge in [0.25, 0.3) is 0 Å². The first-order valence-corrected chi connectivity index (χ1v) is 6.14. The highest BCUT2D eigenvalue weighted by Crippen LogP contribution is 2.23. The molecule has 3 rings (SSSR count). The number of ketones is 1. The van der Waals surface area contributed by atoms with Crippen LogP contribution in [0.25, 0.3) is 11.0 Å². The standard InChI is InChI=1S/C16H12FNO2/c1-9-6-10(2-4-13(9)18)16(19)15-8-11-7-12(17)3-5-14(11)20-15/h2-8H,18H2,1H3. The van der Waals surface area contributed by atoms with E-state index in [0.29, 0.717) is 22.2 Å². The molecule has 20 heavy (non-hydrogen) atoms. The number of fused-ring (bicyclic) bond motifs is 1. The molecule has 0 aliphatic rings. The van der Waals surface area contributed by atoms with Gasteiger partial charge in [-0.2, -0.15) is 0 Å². The third-order valence-electron chi connectivity index (χ3n) is 3.23. The Balaban J connectivity index is 2.05. The molecule has 2 N–H and O–H groups in total. The minimum atomic E-state index is -0.361. The minimum absolute atomic E-state index is 0.190. The molecule has 1 heterocycles. The summed E-state index contributed by atoms with van der Waals surface area (Å²) in [6.45, 7) is 1.83. The molecule has 3 aromatic rings. The van der Waals surface area contributed by atoms with Crippen molar-refractivity contribution in [2.75, 3.05) is 5.73 Å². The molecule has 1 aromatic heterocycles. The third-order valence-corrected chi connectivity index (χ3v) is 3.23. The number of halogens is 1. The number of hydrogen-bond acceptors (Lipinski definition) is 3. The number of furan rings is 1. The number of anilines is 1. The van der Waals surface area contributed by atoms with Crippen molar-refractivity contribution in [3.05, 3.63) is 65.2 Å². The van der Waals surface area contributed by atoms with Crippen LogP contribution >= 0.6 is 0 Å². The normalized spacial score (nSPS) is 10.9. The van der Waals surface area contributed by atoms with Crippen LogP contribution in [0, 0.1) is 12.7 Å². The van der Waals surface area contributed by atoms with Crippen molar-refractivity contribution in [2.24, 2.45) is 0 Å². The molecule has 0 aliphatic heterocycles. The van der Waals surface area contributed by atoms with Crippen molar-refractivity contribution >= 4 is 22.4 Å². The SMILES string of the molecule is Cc1cc(C(=O)c2cc3cc(F)ccc3o2)ccc1N. The van der Waals surface area contributed by atoms with Gasteiger partial charge in [-0.3, -0.25) is 4.79 Å². The van der Waals surface area contributed by atoms with E-state index >= 15 is 0 Å². The molecule has 4 heteroatoms. The zero-order chi connectivity index (χ0) is 14.3. The summed E-state index contributed by atoms with van der Waals surface area (Å²) in [7, 11) is 0. The Morgan fingerprint density at radius 3 is 2.70 bits per heavy atom. The average Bonchev–Trinajstić information content (AvgIpc) is 2.84. The summed E-state index contributed by atoms with van der Waals surface area (Å²) in [5.74, 6) is -0.417. The van der Waals surface area contributed by atoms with Gasteiger partial charge in [0, 0.05) is 16.6 Å². The maximum absolute atomic E-state index is 13.1. The summed E-state index contributed by atoms with van der Waals surface area (Å²) >= 11 is 0. The van der Waals surface area contributed by atoms with E-state index in [0.717, 1.165) is 5.56 Å². The van der Waals surface area contributed by atoms with Gasteiger partial charge in [0.1, 0.15) is 11.4 Å². The van der Waals surface area contributed by atoms with Crippen LogP contribution in [0.3, 0.4) is 0 Å². The fourth-order valence-corrected chi connectivity index (χ4v) is 2.09. The van der Waals surface area contributed by atoms with Crippen molar-refractivity contribution in [1.82, 2.24) is 0 Å². The molecule has 0 spiro atoms. The predicted octanol–water partition coefficient (Wildman–Crippen LogP) is 3.69. The molecule has 0 unspecified atom stereocenters. The van der Waals surface area contributed by atoms with Crippen LogP contribution in [0.1, 0.15) is 21.7 Å². The monoisotopic (exact) mass is 269 g/mol. The summed E-state index contributed by atoms with van der Waals surface area (Å²) < 4.78 is 18.6. The highest BCUT2D eigenvalue weighted by Gasteiger charge is 2.15. The van der Waals surface area contributed by atoms with E-state index in [1.54, 1.807) is 24.3 Å². The Hall–Kier alpha value is -2.62. The van der Waals surface area contributed by atoms with E-state index in [1.165, 1.54) is 18.2 Å². The Labute approximate surface area is 114 Å². The molecule has 0 amide bonds. The van der Waals surface area contributed by atoms with Crippen molar-refractivity contribution in [3.63, 3.8) is 0 Å². The van der Waals surface area contributed by atoms with Gasteiger partial charge in [0.05, 0.1) is 0 Å². The fraction of sp³-hybridized carbons (Fsp3) is 0.0625. The number of nitrogen functional groups attached to an aromatic ring is 1. The number of nitrogens with two attached hydrogens (primary N) is 1. The van der Waals surface area contributed by atoms with Gasteiger partial charge < -0.3 is 10.2 Å². The van der Waals surface area contributed by atoms with Crippen LogP contribution in [-0.4, -0.2) is 5.78 Å². The first-order valence-electron chi connectivity index (χ1n) is 6.14. The Morgan fingerprint density at radius 1 is 1.15 bits per heavy atom. The predicted molar refractivity (Wildman–Crippen MR) is 75.2 cm³/mol. The highest BCUT2D eigenvalue weighted by atomic mass is 19.1. The van der Waals surface area contributed by atoms with Gasteiger partial charge in [-0.1, -0.05) is 0 Å².